The quantitative estimate of drug-likeness (QED) is 0.167. The normalized spacial score (nSPS) is 25.9. The minimum absolute atomic E-state index is 0.0358. The van der Waals surface area contributed by atoms with E-state index in [4.69, 9.17) is 0 Å². The van der Waals surface area contributed by atoms with Crippen LogP contribution in [-0.4, -0.2) is 14.6 Å². The van der Waals surface area contributed by atoms with Crippen molar-refractivity contribution in [3.63, 3.8) is 0 Å². The largest absolute Gasteiger partial charge is 0.309 e. The lowest BCUT2D eigenvalue weighted by atomic mass is 9.94. The van der Waals surface area contributed by atoms with E-state index in [9.17, 15) is 0 Å². The monoisotopic (exact) mass is 685 g/mol. The molecule has 2 aromatic heterocycles. The molecule has 4 heterocycles. The first kappa shape index (κ1) is 29.1. The summed E-state index contributed by atoms with van der Waals surface area (Å²) in [5.41, 5.74) is 10.5. The highest BCUT2D eigenvalue weighted by molar-refractivity contribution is 7.26. The van der Waals surface area contributed by atoms with Gasteiger partial charge in [0.05, 0.1) is 22.6 Å². The lowest BCUT2D eigenvalue weighted by Gasteiger charge is -2.20. The second-order valence-electron chi connectivity index (χ2n) is 14.9. The molecule has 52 heavy (non-hydrogen) atoms. The molecule has 0 amide bonds. The first-order valence-electron chi connectivity index (χ1n) is 18.5. The fraction of sp³-hybridized carbons (Fsp3) is 0.125. The summed E-state index contributed by atoms with van der Waals surface area (Å²) in [5.74, 6) is 1.07. The van der Waals surface area contributed by atoms with Gasteiger partial charge in [-0.25, -0.2) is 10.0 Å². The maximum Gasteiger partial charge on any atom is 0.117 e. The Bertz CT molecular complexity index is 2870. The zero-order valence-corrected chi connectivity index (χ0v) is 29.5. The first-order chi connectivity index (χ1) is 25.7. The first-order valence-corrected chi connectivity index (χ1v) is 19.3. The molecule has 0 bridgehead atoms. The fourth-order valence-electron chi connectivity index (χ4n) is 10.3. The van der Waals surface area contributed by atoms with Gasteiger partial charge < -0.3 is 4.57 Å². The smallest absolute Gasteiger partial charge is 0.117 e. The predicted octanol–water partition coefficient (Wildman–Crippen LogP) is 12.3. The Kier molecular flexibility index (Phi) is 5.89. The highest BCUT2D eigenvalue weighted by Crippen LogP contribution is 2.81. The topological polar surface area (TPSA) is 10.9 Å². The molecule has 0 spiro atoms. The van der Waals surface area contributed by atoms with Gasteiger partial charge in [0, 0.05) is 42.6 Å². The molecule has 2 saturated heterocycles. The lowest BCUT2D eigenvalue weighted by Crippen LogP contribution is -2.22. The molecule has 0 radical (unpaired) electrons. The summed E-state index contributed by atoms with van der Waals surface area (Å²) in [4.78, 5) is 0. The van der Waals surface area contributed by atoms with Crippen LogP contribution in [0, 0.1) is 11.8 Å². The third-order valence-corrected chi connectivity index (χ3v) is 13.7. The molecule has 3 aliphatic rings. The summed E-state index contributed by atoms with van der Waals surface area (Å²) >= 11 is 1.90. The highest BCUT2D eigenvalue weighted by Gasteiger charge is 2.84. The molecule has 2 aliphatic heterocycles. The Morgan fingerprint density at radius 3 is 2.10 bits per heavy atom. The van der Waals surface area contributed by atoms with Gasteiger partial charge in [-0.2, -0.15) is 0 Å². The zero-order chi connectivity index (χ0) is 34.1. The van der Waals surface area contributed by atoms with Gasteiger partial charge in [0.25, 0.3) is 0 Å². The molecule has 7 aromatic carbocycles. The maximum absolute atomic E-state index is 2.72. The van der Waals surface area contributed by atoms with E-state index >= 15 is 0 Å². The third-order valence-electron chi connectivity index (χ3n) is 12.5. The van der Waals surface area contributed by atoms with Gasteiger partial charge in [-0.1, -0.05) is 140 Å². The van der Waals surface area contributed by atoms with Gasteiger partial charge in [-0.3, -0.25) is 0 Å². The number of para-hydroxylation sites is 1. The minimum atomic E-state index is -0.0358. The van der Waals surface area contributed by atoms with E-state index in [0.29, 0.717) is 17.9 Å². The van der Waals surface area contributed by atoms with Crippen LogP contribution in [0.4, 0.5) is 0 Å². The highest BCUT2D eigenvalue weighted by atomic mass is 32.1. The van der Waals surface area contributed by atoms with Crippen molar-refractivity contribution in [2.75, 3.05) is 0 Å². The number of fused-ring (bicyclic) bond motifs is 9. The Labute approximate surface area is 306 Å². The molecule has 3 nitrogen and oxygen atoms in total. The van der Waals surface area contributed by atoms with Crippen LogP contribution < -0.4 is 0 Å². The molecular formula is C48H35N3S. The number of hydrazine groups is 1. The molecule has 0 N–H and O–H groups in total. The fourth-order valence-corrected chi connectivity index (χ4v) is 11.5. The van der Waals surface area contributed by atoms with Crippen LogP contribution in [0.2, 0.25) is 0 Å². The van der Waals surface area contributed by atoms with Crippen molar-refractivity contribution < 1.29 is 0 Å². The van der Waals surface area contributed by atoms with Crippen LogP contribution in [0.5, 0.6) is 0 Å². The van der Waals surface area contributed by atoms with Gasteiger partial charge in [0.15, 0.2) is 0 Å². The Morgan fingerprint density at radius 2 is 1.25 bits per heavy atom. The summed E-state index contributed by atoms with van der Waals surface area (Å²) < 4.78 is 5.19. The third kappa shape index (κ3) is 3.76. The van der Waals surface area contributed by atoms with Crippen LogP contribution in [0.3, 0.4) is 0 Å². The van der Waals surface area contributed by atoms with Crippen LogP contribution in [0.1, 0.15) is 35.8 Å². The van der Waals surface area contributed by atoms with Gasteiger partial charge in [-0.05, 0) is 70.1 Å². The average Bonchev–Trinajstić information content (AvgIpc) is 3.89. The van der Waals surface area contributed by atoms with E-state index in [-0.39, 0.29) is 11.7 Å². The second-order valence-corrected chi connectivity index (χ2v) is 16.0. The zero-order valence-electron chi connectivity index (χ0n) is 28.7. The van der Waals surface area contributed by atoms with Gasteiger partial charge >= 0.3 is 0 Å². The maximum atomic E-state index is 2.72. The van der Waals surface area contributed by atoms with Gasteiger partial charge in [0.2, 0.25) is 0 Å². The van der Waals surface area contributed by atoms with E-state index < -0.39 is 0 Å². The molecule has 9 aromatic rings. The summed E-state index contributed by atoms with van der Waals surface area (Å²) in [5, 5.41) is 10.6. The van der Waals surface area contributed by atoms with Gasteiger partial charge in [-0.15, -0.1) is 11.3 Å². The summed E-state index contributed by atoms with van der Waals surface area (Å²) in [6, 6.07) is 63.7. The SMILES string of the molecule is CC1C2C(c3ccccc3)N3C(c4ccccc4)N3C12c1cccc(-n2c3ccccc3c3cc(-c4cccc5c4sc4ccccc45)ccc32)c1. The summed E-state index contributed by atoms with van der Waals surface area (Å²) in [6.45, 7) is 2.48. The second kappa shape index (κ2) is 10.5. The van der Waals surface area contributed by atoms with E-state index in [1.165, 1.54) is 75.5 Å². The van der Waals surface area contributed by atoms with E-state index in [1.807, 2.05) is 11.3 Å². The Morgan fingerprint density at radius 1 is 0.558 bits per heavy atom. The molecule has 7 unspecified atom stereocenters. The average molecular weight is 686 g/mol. The molecule has 12 rings (SSSR count). The van der Waals surface area contributed by atoms with Crippen molar-refractivity contribution in [1.82, 2.24) is 14.6 Å². The number of hydrogen-bond donors (Lipinski definition) is 0. The molecule has 1 saturated carbocycles. The number of aromatic nitrogens is 1. The molecule has 7 atom stereocenters. The molecule has 3 fully saturated rings. The molecule has 4 heteroatoms. The summed E-state index contributed by atoms with van der Waals surface area (Å²) in [6.07, 6.45) is 0.285. The Hall–Kier alpha value is -5.52. The van der Waals surface area contributed by atoms with Crippen molar-refractivity contribution in [2.24, 2.45) is 11.8 Å². The van der Waals surface area contributed by atoms with Crippen molar-refractivity contribution in [3.05, 3.63) is 187 Å². The number of benzene rings is 7. The minimum Gasteiger partial charge on any atom is -0.309 e. The summed E-state index contributed by atoms with van der Waals surface area (Å²) in [7, 11) is 0. The van der Waals surface area contributed by atoms with Crippen LogP contribution >= 0.6 is 11.3 Å². The van der Waals surface area contributed by atoms with Crippen LogP contribution in [-0.2, 0) is 5.54 Å². The number of thiophene rings is 1. The Balaban J connectivity index is 1.01. The van der Waals surface area contributed by atoms with Crippen molar-refractivity contribution in [3.8, 4) is 16.8 Å². The lowest BCUT2D eigenvalue weighted by molar-refractivity contribution is 0.223. The standard InChI is InChI=1S/C48H35N3S/c1-30-44-45(31-14-4-2-5-15-31)50-47(32-16-6-3-7-17-32)51(50)48(30,44)34-18-12-19-35(29-34)49-41-24-10-8-20-37(41)40-28-33(26-27-42(40)49)36-22-13-23-39-38-21-9-11-25-43(38)52-46(36)39/h2-30,44-45,47H,1H3. The number of rotatable bonds is 5. The van der Waals surface area contributed by atoms with Crippen molar-refractivity contribution >= 4 is 53.3 Å². The predicted molar refractivity (Wildman–Crippen MR) is 215 cm³/mol. The van der Waals surface area contributed by atoms with E-state index in [2.05, 4.69) is 191 Å². The van der Waals surface area contributed by atoms with Crippen LogP contribution in [0.25, 0.3) is 58.8 Å². The van der Waals surface area contributed by atoms with Crippen molar-refractivity contribution in [2.45, 2.75) is 24.7 Å². The molecule has 1 aliphatic carbocycles. The van der Waals surface area contributed by atoms with Gasteiger partial charge in [0.1, 0.15) is 6.17 Å². The van der Waals surface area contributed by atoms with Crippen molar-refractivity contribution in [1.29, 1.82) is 0 Å². The van der Waals surface area contributed by atoms with E-state index in [0.717, 1.165) is 0 Å². The number of nitrogens with zero attached hydrogens (tertiary/aromatic N) is 3. The number of hydrogen-bond acceptors (Lipinski definition) is 3. The van der Waals surface area contributed by atoms with Crippen LogP contribution in [0.15, 0.2) is 170 Å². The van der Waals surface area contributed by atoms with E-state index in [1.54, 1.807) is 0 Å². The molecule has 248 valence electrons. The molecular weight excluding hydrogens is 651 g/mol.